The SMILES string of the molecule is Cc1cccc(OCc2ncnn2C(C)C)c1C. The van der Waals surface area contributed by atoms with Gasteiger partial charge in [-0.25, -0.2) is 9.67 Å². The highest BCUT2D eigenvalue weighted by Crippen LogP contribution is 2.21. The number of hydrogen-bond donors (Lipinski definition) is 0. The topological polar surface area (TPSA) is 39.9 Å². The van der Waals surface area contributed by atoms with Gasteiger partial charge in [-0.2, -0.15) is 5.10 Å². The summed E-state index contributed by atoms with van der Waals surface area (Å²) in [4.78, 5) is 4.23. The first-order valence-corrected chi connectivity index (χ1v) is 6.17. The minimum absolute atomic E-state index is 0.296. The van der Waals surface area contributed by atoms with E-state index in [1.165, 1.54) is 11.1 Å². The smallest absolute Gasteiger partial charge is 0.165 e. The predicted octanol–water partition coefficient (Wildman–Crippen LogP) is 3.05. The van der Waals surface area contributed by atoms with E-state index in [2.05, 4.69) is 43.8 Å². The van der Waals surface area contributed by atoms with E-state index < -0.39 is 0 Å². The van der Waals surface area contributed by atoms with Crippen LogP contribution in [0.1, 0.15) is 36.8 Å². The molecular weight excluding hydrogens is 226 g/mol. The lowest BCUT2D eigenvalue weighted by molar-refractivity contribution is 0.280. The Morgan fingerprint density at radius 1 is 1.28 bits per heavy atom. The molecule has 0 bridgehead atoms. The number of nitrogens with zero attached hydrogens (tertiary/aromatic N) is 3. The van der Waals surface area contributed by atoms with Crippen molar-refractivity contribution < 1.29 is 4.74 Å². The first-order valence-electron chi connectivity index (χ1n) is 6.17. The maximum Gasteiger partial charge on any atom is 0.165 e. The van der Waals surface area contributed by atoms with Crippen molar-refractivity contribution in [3.05, 3.63) is 41.5 Å². The first-order chi connectivity index (χ1) is 8.59. The molecule has 4 heteroatoms. The first kappa shape index (κ1) is 12.6. The van der Waals surface area contributed by atoms with Gasteiger partial charge in [0.2, 0.25) is 0 Å². The van der Waals surface area contributed by atoms with Crippen LogP contribution in [0.25, 0.3) is 0 Å². The van der Waals surface area contributed by atoms with Crippen molar-refractivity contribution >= 4 is 0 Å². The number of ether oxygens (including phenoxy) is 1. The van der Waals surface area contributed by atoms with Gasteiger partial charge in [0.25, 0.3) is 0 Å². The van der Waals surface area contributed by atoms with E-state index in [-0.39, 0.29) is 0 Å². The Bertz CT molecular complexity index is 532. The van der Waals surface area contributed by atoms with Gasteiger partial charge in [-0.05, 0) is 44.9 Å². The number of rotatable bonds is 4. The largest absolute Gasteiger partial charge is 0.485 e. The zero-order valence-corrected chi connectivity index (χ0v) is 11.3. The molecule has 2 rings (SSSR count). The lowest BCUT2D eigenvalue weighted by atomic mass is 10.1. The van der Waals surface area contributed by atoms with Crippen LogP contribution in [0.2, 0.25) is 0 Å². The summed E-state index contributed by atoms with van der Waals surface area (Å²) in [6, 6.07) is 6.37. The second-order valence-corrected chi connectivity index (χ2v) is 4.70. The van der Waals surface area contributed by atoms with E-state index in [1.807, 2.05) is 16.8 Å². The molecule has 1 heterocycles. The van der Waals surface area contributed by atoms with Crippen molar-refractivity contribution in [3.8, 4) is 5.75 Å². The average molecular weight is 245 g/mol. The van der Waals surface area contributed by atoms with Crippen LogP contribution >= 0.6 is 0 Å². The van der Waals surface area contributed by atoms with Gasteiger partial charge in [0.05, 0.1) is 0 Å². The maximum absolute atomic E-state index is 5.83. The second-order valence-electron chi connectivity index (χ2n) is 4.70. The van der Waals surface area contributed by atoms with E-state index in [1.54, 1.807) is 6.33 Å². The van der Waals surface area contributed by atoms with Crippen molar-refractivity contribution in [3.63, 3.8) is 0 Å². The van der Waals surface area contributed by atoms with Crippen molar-refractivity contribution in [1.29, 1.82) is 0 Å². The van der Waals surface area contributed by atoms with Crippen LogP contribution in [-0.4, -0.2) is 14.8 Å². The molecule has 0 unspecified atom stereocenters. The third-order valence-electron chi connectivity index (χ3n) is 3.05. The molecule has 18 heavy (non-hydrogen) atoms. The van der Waals surface area contributed by atoms with Crippen LogP contribution < -0.4 is 4.74 Å². The number of benzene rings is 1. The second kappa shape index (κ2) is 5.21. The van der Waals surface area contributed by atoms with Crippen LogP contribution in [0.5, 0.6) is 5.75 Å². The highest BCUT2D eigenvalue weighted by molar-refractivity contribution is 5.38. The Labute approximate surface area is 108 Å². The number of aromatic nitrogens is 3. The fraction of sp³-hybridized carbons (Fsp3) is 0.429. The lowest BCUT2D eigenvalue weighted by Gasteiger charge is -2.12. The summed E-state index contributed by atoms with van der Waals surface area (Å²) in [5.74, 6) is 1.76. The van der Waals surface area contributed by atoms with Crippen molar-refractivity contribution in [2.24, 2.45) is 0 Å². The minimum Gasteiger partial charge on any atom is -0.485 e. The molecule has 0 aliphatic carbocycles. The van der Waals surface area contributed by atoms with Crippen LogP contribution in [0, 0.1) is 13.8 Å². The zero-order valence-electron chi connectivity index (χ0n) is 11.3. The molecule has 0 saturated carbocycles. The Morgan fingerprint density at radius 2 is 2.06 bits per heavy atom. The van der Waals surface area contributed by atoms with Crippen LogP contribution in [0.3, 0.4) is 0 Å². The maximum atomic E-state index is 5.83. The van der Waals surface area contributed by atoms with Gasteiger partial charge in [0, 0.05) is 6.04 Å². The van der Waals surface area contributed by atoms with Gasteiger partial charge in [-0.15, -0.1) is 0 Å². The molecule has 2 aromatic rings. The minimum atomic E-state index is 0.296. The van der Waals surface area contributed by atoms with E-state index in [9.17, 15) is 0 Å². The van der Waals surface area contributed by atoms with Crippen molar-refractivity contribution in [1.82, 2.24) is 14.8 Å². The summed E-state index contributed by atoms with van der Waals surface area (Å²) in [6.45, 7) is 8.76. The summed E-state index contributed by atoms with van der Waals surface area (Å²) >= 11 is 0. The van der Waals surface area contributed by atoms with E-state index in [4.69, 9.17) is 4.74 Å². The normalized spacial score (nSPS) is 10.9. The number of hydrogen-bond acceptors (Lipinski definition) is 3. The molecule has 0 radical (unpaired) electrons. The third kappa shape index (κ3) is 2.53. The van der Waals surface area contributed by atoms with Gasteiger partial charge >= 0.3 is 0 Å². The molecular formula is C14H19N3O. The molecule has 0 aliphatic rings. The fourth-order valence-corrected chi connectivity index (χ4v) is 1.83. The van der Waals surface area contributed by atoms with E-state index in [0.29, 0.717) is 12.6 Å². The highest BCUT2D eigenvalue weighted by Gasteiger charge is 2.09. The van der Waals surface area contributed by atoms with E-state index >= 15 is 0 Å². The highest BCUT2D eigenvalue weighted by atomic mass is 16.5. The van der Waals surface area contributed by atoms with Crippen LogP contribution in [0.15, 0.2) is 24.5 Å². The Kier molecular flexibility index (Phi) is 3.65. The molecule has 4 nitrogen and oxygen atoms in total. The van der Waals surface area contributed by atoms with Gasteiger partial charge in [-0.3, -0.25) is 0 Å². The summed E-state index contributed by atoms with van der Waals surface area (Å²) in [6.07, 6.45) is 1.57. The molecule has 0 aliphatic heterocycles. The van der Waals surface area contributed by atoms with Crippen molar-refractivity contribution in [2.75, 3.05) is 0 Å². The molecule has 1 aromatic carbocycles. The van der Waals surface area contributed by atoms with Crippen molar-refractivity contribution in [2.45, 2.75) is 40.3 Å². The van der Waals surface area contributed by atoms with Gasteiger partial charge < -0.3 is 4.74 Å². The fourth-order valence-electron chi connectivity index (χ4n) is 1.83. The summed E-state index contributed by atoms with van der Waals surface area (Å²) < 4.78 is 7.71. The zero-order chi connectivity index (χ0) is 13.1. The molecule has 0 fully saturated rings. The summed E-state index contributed by atoms with van der Waals surface area (Å²) in [5.41, 5.74) is 2.41. The van der Waals surface area contributed by atoms with Crippen LogP contribution in [-0.2, 0) is 6.61 Å². The monoisotopic (exact) mass is 245 g/mol. The quantitative estimate of drug-likeness (QED) is 0.831. The molecule has 0 amide bonds. The summed E-state index contributed by atoms with van der Waals surface area (Å²) in [7, 11) is 0. The summed E-state index contributed by atoms with van der Waals surface area (Å²) in [5, 5.41) is 4.19. The molecule has 0 spiro atoms. The Hall–Kier alpha value is -1.84. The average Bonchev–Trinajstić information content (AvgIpc) is 2.79. The van der Waals surface area contributed by atoms with Gasteiger partial charge in [-0.1, -0.05) is 12.1 Å². The van der Waals surface area contributed by atoms with Gasteiger partial charge in [0.15, 0.2) is 5.82 Å². The molecule has 0 N–H and O–H groups in total. The number of aryl methyl sites for hydroxylation is 1. The van der Waals surface area contributed by atoms with Crippen LogP contribution in [0.4, 0.5) is 0 Å². The van der Waals surface area contributed by atoms with Gasteiger partial charge in [0.1, 0.15) is 18.7 Å². The lowest BCUT2D eigenvalue weighted by Crippen LogP contribution is -2.11. The molecule has 0 saturated heterocycles. The molecule has 1 aromatic heterocycles. The Morgan fingerprint density at radius 3 is 2.78 bits per heavy atom. The van der Waals surface area contributed by atoms with E-state index in [0.717, 1.165) is 11.6 Å². The molecule has 96 valence electrons. The molecule has 0 atom stereocenters. The third-order valence-corrected chi connectivity index (χ3v) is 3.05. The Balaban J connectivity index is 2.12. The predicted molar refractivity (Wildman–Crippen MR) is 70.7 cm³/mol. The standard InChI is InChI=1S/C14H19N3O/c1-10(2)17-14(15-9-16-17)8-18-13-7-5-6-11(3)12(13)4/h5-7,9-10H,8H2,1-4H3.